The Kier molecular flexibility index (Phi) is 8.83. The normalized spacial score (nSPS) is 13.8. The molecule has 0 radical (unpaired) electrons. The summed E-state index contributed by atoms with van der Waals surface area (Å²) in [6, 6.07) is 17.8. The van der Waals surface area contributed by atoms with E-state index in [9.17, 15) is 4.79 Å². The van der Waals surface area contributed by atoms with Crippen LogP contribution in [0.3, 0.4) is 0 Å². The van der Waals surface area contributed by atoms with Gasteiger partial charge in [-0.05, 0) is 98.9 Å². The molecule has 2 aromatic carbocycles. The van der Waals surface area contributed by atoms with Crippen molar-refractivity contribution in [2.24, 2.45) is 5.41 Å². The topological polar surface area (TPSA) is 26.3 Å². The van der Waals surface area contributed by atoms with Gasteiger partial charge in [-0.3, -0.25) is 4.79 Å². The molecule has 1 aliphatic carbocycles. The van der Waals surface area contributed by atoms with Gasteiger partial charge < -0.3 is 4.74 Å². The molecule has 0 aromatic heterocycles. The molecule has 0 fully saturated rings. The van der Waals surface area contributed by atoms with Crippen LogP contribution in [0.1, 0.15) is 76.0 Å². The lowest BCUT2D eigenvalue weighted by atomic mass is 9.91. The Morgan fingerprint density at radius 3 is 2.55 bits per heavy atom. The number of fused-ring (bicyclic) bond motifs is 1. The van der Waals surface area contributed by atoms with Crippen LogP contribution in [0, 0.1) is 5.41 Å². The van der Waals surface area contributed by atoms with Gasteiger partial charge >= 0.3 is 5.97 Å². The number of hydrogen-bond donors (Lipinski definition) is 0. The lowest BCUT2D eigenvalue weighted by molar-refractivity contribution is -0.154. The second-order valence-electron chi connectivity index (χ2n) is 9.03. The van der Waals surface area contributed by atoms with Crippen molar-refractivity contribution in [3.05, 3.63) is 65.2 Å². The van der Waals surface area contributed by atoms with Crippen molar-refractivity contribution < 1.29 is 9.53 Å². The highest BCUT2D eigenvalue weighted by Gasteiger charge is 2.26. The number of ether oxygens (including phenoxy) is 1. The van der Waals surface area contributed by atoms with Crippen LogP contribution in [0.25, 0.3) is 11.6 Å². The highest BCUT2D eigenvalue weighted by molar-refractivity contribution is 7.99. The largest absolute Gasteiger partial charge is 0.465 e. The van der Waals surface area contributed by atoms with E-state index in [0.717, 1.165) is 37.9 Å². The van der Waals surface area contributed by atoms with Gasteiger partial charge in [0.25, 0.3) is 0 Å². The Morgan fingerprint density at radius 1 is 1.00 bits per heavy atom. The smallest absolute Gasteiger partial charge is 0.311 e. The molecule has 3 heteroatoms. The van der Waals surface area contributed by atoms with Crippen LogP contribution in [-0.4, -0.2) is 18.3 Å². The third kappa shape index (κ3) is 7.00. The fraction of sp³-hybridized carbons (Fsp3) is 0.464. The molecule has 3 rings (SSSR count). The van der Waals surface area contributed by atoms with E-state index < -0.39 is 0 Å². The molecule has 0 atom stereocenters. The minimum absolute atomic E-state index is 0.0725. The molecule has 31 heavy (non-hydrogen) atoms. The summed E-state index contributed by atoms with van der Waals surface area (Å²) in [6.07, 6.45) is 9.89. The highest BCUT2D eigenvalue weighted by atomic mass is 32.2. The van der Waals surface area contributed by atoms with Gasteiger partial charge in [-0.1, -0.05) is 49.4 Å². The number of carbonyl (C=O) groups excluding carboxylic acids is 1. The summed E-state index contributed by atoms with van der Waals surface area (Å²) in [7, 11) is 0. The summed E-state index contributed by atoms with van der Waals surface area (Å²) in [4.78, 5) is 13.3. The molecule has 2 nitrogen and oxygen atoms in total. The van der Waals surface area contributed by atoms with Gasteiger partial charge in [0.2, 0.25) is 0 Å². The lowest BCUT2D eigenvalue weighted by Crippen LogP contribution is -2.26. The van der Waals surface area contributed by atoms with Crippen LogP contribution in [-0.2, 0) is 16.0 Å². The number of rotatable bonds is 10. The van der Waals surface area contributed by atoms with Crippen molar-refractivity contribution >= 4 is 29.4 Å². The zero-order valence-corrected chi connectivity index (χ0v) is 20.1. The Balaban J connectivity index is 1.40. The van der Waals surface area contributed by atoms with E-state index in [0.29, 0.717) is 6.61 Å². The Morgan fingerprint density at radius 2 is 1.77 bits per heavy atom. The third-order valence-electron chi connectivity index (χ3n) is 6.23. The maximum Gasteiger partial charge on any atom is 0.311 e. The van der Waals surface area contributed by atoms with Crippen molar-refractivity contribution in [1.29, 1.82) is 0 Å². The average Bonchev–Trinajstić information content (AvgIpc) is 3.01. The summed E-state index contributed by atoms with van der Waals surface area (Å²) in [5, 5.41) is 0. The molecule has 0 spiro atoms. The van der Waals surface area contributed by atoms with E-state index in [4.69, 9.17) is 4.74 Å². The van der Waals surface area contributed by atoms with Crippen molar-refractivity contribution in [3.8, 4) is 0 Å². The Hall–Kier alpha value is -2.00. The quantitative estimate of drug-likeness (QED) is 0.216. The molecule has 0 saturated carbocycles. The molecule has 0 aliphatic heterocycles. The number of unbranched alkanes of at least 4 members (excludes halogenated alkanes) is 2. The molecule has 2 aromatic rings. The summed E-state index contributed by atoms with van der Waals surface area (Å²) in [6.45, 7) is 6.46. The maximum atomic E-state index is 12.0. The van der Waals surface area contributed by atoms with Gasteiger partial charge in [-0.25, -0.2) is 0 Å². The fourth-order valence-corrected chi connectivity index (χ4v) is 4.61. The number of thioether (sulfide) groups is 1. The first kappa shape index (κ1) is 23.7. The maximum absolute atomic E-state index is 12.0. The monoisotopic (exact) mass is 436 g/mol. The third-order valence-corrected chi connectivity index (χ3v) is 7.33. The van der Waals surface area contributed by atoms with Crippen LogP contribution in [0.15, 0.2) is 53.4 Å². The first-order valence-electron chi connectivity index (χ1n) is 11.7. The van der Waals surface area contributed by atoms with Gasteiger partial charge in [-0.15, -0.1) is 11.8 Å². The minimum atomic E-state index is -0.363. The molecular weight excluding hydrogens is 400 g/mol. The standard InChI is InChI=1S/C28H36O2S/c1-4-28(2,3)27(29)30-19-8-5-9-20-31-26-17-15-23(16-18-26)25-14-10-13-22-11-6-7-12-24(22)21-25/h6-7,11-12,15-18,21H,4-5,8-10,13-14,19-20H2,1-3H3. The summed E-state index contributed by atoms with van der Waals surface area (Å²) >= 11 is 1.91. The molecule has 0 heterocycles. The predicted molar refractivity (Wildman–Crippen MR) is 133 cm³/mol. The van der Waals surface area contributed by atoms with E-state index in [1.807, 2.05) is 32.5 Å². The van der Waals surface area contributed by atoms with E-state index in [2.05, 4.69) is 54.6 Å². The Bertz CT molecular complexity index is 880. The molecule has 0 unspecified atom stereocenters. The first-order chi connectivity index (χ1) is 15.0. The molecule has 1 aliphatic rings. The summed E-state index contributed by atoms with van der Waals surface area (Å²) in [5.74, 6) is 1.03. The number of esters is 1. The SMILES string of the molecule is CCC(C)(C)C(=O)OCCCCCSc1ccc(C2=Cc3ccccc3CCC2)cc1. The average molecular weight is 437 g/mol. The molecule has 166 valence electrons. The predicted octanol–water partition coefficient (Wildman–Crippen LogP) is 7.81. The van der Waals surface area contributed by atoms with Gasteiger partial charge in [-0.2, -0.15) is 0 Å². The second-order valence-corrected chi connectivity index (χ2v) is 10.2. The summed E-state index contributed by atoms with van der Waals surface area (Å²) < 4.78 is 5.41. The van der Waals surface area contributed by atoms with Gasteiger partial charge in [0.15, 0.2) is 0 Å². The number of carbonyl (C=O) groups is 1. The molecule has 0 bridgehead atoms. The Labute approximate surface area is 192 Å². The summed E-state index contributed by atoms with van der Waals surface area (Å²) in [5.41, 5.74) is 5.27. The highest BCUT2D eigenvalue weighted by Crippen LogP contribution is 2.31. The van der Waals surface area contributed by atoms with Gasteiger partial charge in [0.05, 0.1) is 12.0 Å². The van der Waals surface area contributed by atoms with E-state index >= 15 is 0 Å². The van der Waals surface area contributed by atoms with Crippen LogP contribution in [0.2, 0.25) is 0 Å². The van der Waals surface area contributed by atoms with E-state index in [1.165, 1.54) is 40.0 Å². The van der Waals surface area contributed by atoms with E-state index in [-0.39, 0.29) is 11.4 Å². The number of allylic oxidation sites excluding steroid dienone is 1. The molecule has 0 amide bonds. The fourth-order valence-electron chi connectivity index (χ4n) is 3.70. The van der Waals surface area contributed by atoms with Gasteiger partial charge in [0, 0.05) is 4.90 Å². The van der Waals surface area contributed by atoms with Crippen molar-refractivity contribution in [3.63, 3.8) is 0 Å². The van der Waals surface area contributed by atoms with Crippen molar-refractivity contribution in [1.82, 2.24) is 0 Å². The van der Waals surface area contributed by atoms with Crippen LogP contribution < -0.4 is 0 Å². The molecule has 0 N–H and O–H groups in total. The number of hydrogen-bond acceptors (Lipinski definition) is 3. The minimum Gasteiger partial charge on any atom is -0.465 e. The first-order valence-corrected chi connectivity index (χ1v) is 12.7. The number of aryl methyl sites for hydroxylation is 1. The van der Waals surface area contributed by atoms with Crippen molar-refractivity contribution in [2.75, 3.05) is 12.4 Å². The van der Waals surface area contributed by atoms with Crippen LogP contribution >= 0.6 is 11.8 Å². The van der Waals surface area contributed by atoms with Crippen LogP contribution in [0.5, 0.6) is 0 Å². The van der Waals surface area contributed by atoms with Gasteiger partial charge in [0.1, 0.15) is 0 Å². The van der Waals surface area contributed by atoms with Crippen molar-refractivity contribution in [2.45, 2.75) is 70.6 Å². The second kappa shape index (κ2) is 11.6. The number of benzene rings is 2. The lowest BCUT2D eigenvalue weighted by Gasteiger charge is -2.20. The molecular formula is C28H36O2S. The molecule has 0 saturated heterocycles. The van der Waals surface area contributed by atoms with E-state index in [1.54, 1.807) is 0 Å². The zero-order valence-electron chi connectivity index (χ0n) is 19.3. The van der Waals surface area contributed by atoms with Crippen LogP contribution in [0.4, 0.5) is 0 Å². The zero-order chi connectivity index (χ0) is 22.1.